The Balaban J connectivity index is 1.32. The number of carbonyl (C=O) groups excluding carboxylic acids is 1. The minimum absolute atomic E-state index is 0.00493. The van der Waals surface area contributed by atoms with Crippen LogP contribution in [0.1, 0.15) is 47.4 Å². The lowest BCUT2D eigenvalue weighted by molar-refractivity contribution is 0.0779. The summed E-state index contributed by atoms with van der Waals surface area (Å²) in [6.45, 7) is 5.93. The number of piperidine rings is 1. The number of carbonyl (C=O) groups is 1. The van der Waals surface area contributed by atoms with E-state index in [0.717, 1.165) is 44.5 Å². The number of rotatable bonds is 2. The molecule has 7 nitrogen and oxygen atoms in total. The molecule has 0 N–H and O–H groups in total. The summed E-state index contributed by atoms with van der Waals surface area (Å²) in [5, 5.41) is 5.64. The van der Waals surface area contributed by atoms with E-state index in [1.807, 2.05) is 11.1 Å². The SMILES string of the molecule is CC1CCN(c2ncc3c(n2)CC2CN(C(=O)c4csnn4)CC32)CC1. The highest BCUT2D eigenvalue weighted by Gasteiger charge is 2.43. The second-order valence-corrected chi connectivity index (χ2v) is 8.42. The standard InChI is InChI=1S/C18H22N6OS/c1-11-2-4-23(5-3-11)18-19-7-13-14-9-24(8-12(14)6-15(13)20-18)17(25)16-10-26-22-21-16/h7,10-12,14H,2-6,8-9H2,1H3. The minimum Gasteiger partial charge on any atom is -0.341 e. The van der Waals surface area contributed by atoms with Gasteiger partial charge in [-0.3, -0.25) is 4.79 Å². The predicted octanol–water partition coefficient (Wildman–Crippen LogP) is 1.98. The van der Waals surface area contributed by atoms with Gasteiger partial charge in [0.15, 0.2) is 5.69 Å². The quantitative estimate of drug-likeness (QED) is 0.805. The largest absolute Gasteiger partial charge is 0.341 e. The van der Waals surface area contributed by atoms with Gasteiger partial charge in [-0.2, -0.15) is 0 Å². The van der Waals surface area contributed by atoms with Gasteiger partial charge in [0.25, 0.3) is 5.91 Å². The van der Waals surface area contributed by atoms with Gasteiger partial charge >= 0.3 is 0 Å². The van der Waals surface area contributed by atoms with Crippen LogP contribution in [0.25, 0.3) is 0 Å². The monoisotopic (exact) mass is 370 g/mol. The highest BCUT2D eigenvalue weighted by Crippen LogP contribution is 2.42. The molecule has 0 aromatic carbocycles. The van der Waals surface area contributed by atoms with E-state index in [1.54, 1.807) is 5.38 Å². The van der Waals surface area contributed by atoms with Crippen molar-refractivity contribution in [3.05, 3.63) is 28.5 Å². The summed E-state index contributed by atoms with van der Waals surface area (Å²) in [5.74, 6) is 2.49. The van der Waals surface area contributed by atoms with Gasteiger partial charge in [-0.1, -0.05) is 11.4 Å². The second-order valence-electron chi connectivity index (χ2n) is 7.81. The Morgan fingerprint density at radius 2 is 2.12 bits per heavy atom. The Morgan fingerprint density at radius 1 is 1.27 bits per heavy atom. The van der Waals surface area contributed by atoms with Crippen LogP contribution in [-0.2, 0) is 6.42 Å². The summed E-state index contributed by atoms with van der Waals surface area (Å²) in [6, 6.07) is 0. The highest BCUT2D eigenvalue weighted by molar-refractivity contribution is 7.03. The van der Waals surface area contributed by atoms with Crippen LogP contribution < -0.4 is 4.90 Å². The van der Waals surface area contributed by atoms with E-state index in [-0.39, 0.29) is 5.91 Å². The van der Waals surface area contributed by atoms with Crippen LogP contribution in [0.5, 0.6) is 0 Å². The van der Waals surface area contributed by atoms with Crippen LogP contribution in [-0.4, -0.2) is 56.5 Å². The van der Waals surface area contributed by atoms with Crippen molar-refractivity contribution >= 4 is 23.4 Å². The van der Waals surface area contributed by atoms with E-state index in [9.17, 15) is 4.79 Å². The van der Waals surface area contributed by atoms with E-state index in [2.05, 4.69) is 26.4 Å². The molecular formula is C18H22N6OS. The number of nitrogens with zero attached hydrogens (tertiary/aromatic N) is 6. The molecule has 3 aliphatic rings. The van der Waals surface area contributed by atoms with Crippen molar-refractivity contribution in [2.75, 3.05) is 31.1 Å². The van der Waals surface area contributed by atoms with Gasteiger partial charge in [-0.25, -0.2) is 9.97 Å². The molecule has 1 aliphatic carbocycles. The molecule has 26 heavy (non-hydrogen) atoms. The lowest BCUT2D eigenvalue weighted by Crippen LogP contribution is -2.34. The number of hydrogen-bond donors (Lipinski definition) is 0. The number of likely N-dealkylation sites (tertiary alicyclic amines) is 1. The molecule has 0 spiro atoms. The zero-order valence-electron chi connectivity index (χ0n) is 14.8. The molecule has 2 saturated heterocycles. The Kier molecular flexibility index (Phi) is 3.88. The first kappa shape index (κ1) is 16.1. The van der Waals surface area contributed by atoms with Crippen molar-refractivity contribution in [1.29, 1.82) is 0 Å². The van der Waals surface area contributed by atoms with E-state index < -0.39 is 0 Å². The summed E-state index contributed by atoms with van der Waals surface area (Å²) in [5.41, 5.74) is 2.88. The predicted molar refractivity (Wildman–Crippen MR) is 98.4 cm³/mol. The van der Waals surface area contributed by atoms with Crippen molar-refractivity contribution in [2.24, 2.45) is 11.8 Å². The molecule has 2 atom stereocenters. The number of anilines is 1. The maximum absolute atomic E-state index is 12.5. The average molecular weight is 370 g/mol. The molecule has 2 aromatic heterocycles. The first-order chi connectivity index (χ1) is 12.7. The molecule has 5 rings (SSSR count). The molecular weight excluding hydrogens is 348 g/mol. The van der Waals surface area contributed by atoms with Crippen molar-refractivity contribution < 1.29 is 4.79 Å². The zero-order chi connectivity index (χ0) is 17.7. The van der Waals surface area contributed by atoms with Gasteiger partial charge in [0.1, 0.15) is 0 Å². The lowest BCUT2D eigenvalue weighted by Gasteiger charge is -2.30. The van der Waals surface area contributed by atoms with Crippen LogP contribution >= 0.6 is 11.5 Å². The van der Waals surface area contributed by atoms with Crippen molar-refractivity contribution in [1.82, 2.24) is 24.5 Å². The van der Waals surface area contributed by atoms with E-state index in [1.165, 1.54) is 35.6 Å². The fraction of sp³-hybridized carbons (Fsp3) is 0.611. The first-order valence-electron chi connectivity index (χ1n) is 9.36. The molecule has 0 bridgehead atoms. The first-order valence-corrected chi connectivity index (χ1v) is 10.2. The van der Waals surface area contributed by atoms with Crippen LogP contribution in [0.15, 0.2) is 11.6 Å². The molecule has 136 valence electrons. The normalized spacial score (nSPS) is 25.4. The summed E-state index contributed by atoms with van der Waals surface area (Å²) >= 11 is 1.22. The van der Waals surface area contributed by atoms with Crippen molar-refractivity contribution in [3.8, 4) is 0 Å². The Morgan fingerprint density at radius 3 is 2.88 bits per heavy atom. The zero-order valence-corrected chi connectivity index (χ0v) is 15.7. The maximum Gasteiger partial charge on any atom is 0.275 e. The Bertz CT molecular complexity index is 817. The van der Waals surface area contributed by atoms with E-state index in [4.69, 9.17) is 4.98 Å². The summed E-state index contributed by atoms with van der Waals surface area (Å²) in [6.07, 6.45) is 5.39. The van der Waals surface area contributed by atoms with Crippen LogP contribution in [0.2, 0.25) is 0 Å². The summed E-state index contributed by atoms with van der Waals surface area (Å²) in [7, 11) is 0. The lowest BCUT2D eigenvalue weighted by atomic mass is 9.97. The molecule has 2 fully saturated rings. The van der Waals surface area contributed by atoms with Gasteiger partial charge < -0.3 is 9.80 Å². The number of fused-ring (bicyclic) bond motifs is 3. The average Bonchev–Trinajstić information content (AvgIpc) is 3.37. The van der Waals surface area contributed by atoms with Crippen LogP contribution in [0.4, 0.5) is 5.95 Å². The molecule has 2 aliphatic heterocycles. The Hall–Kier alpha value is -2.09. The molecule has 0 radical (unpaired) electrons. The fourth-order valence-electron chi connectivity index (χ4n) is 4.51. The summed E-state index contributed by atoms with van der Waals surface area (Å²) in [4.78, 5) is 26.3. The van der Waals surface area contributed by atoms with Gasteiger partial charge in [0.2, 0.25) is 5.95 Å². The van der Waals surface area contributed by atoms with Gasteiger partial charge in [0.05, 0.1) is 0 Å². The third-order valence-corrected chi connectivity index (χ3v) is 6.62. The van der Waals surface area contributed by atoms with Gasteiger partial charge in [-0.15, -0.1) is 5.10 Å². The highest BCUT2D eigenvalue weighted by atomic mass is 32.1. The van der Waals surface area contributed by atoms with Crippen molar-refractivity contribution in [2.45, 2.75) is 32.1 Å². The van der Waals surface area contributed by atoms with Crippen LogP contribution in [0, 0.1) is 11.8 Å². The molecule has 1 amide bonds. The molecule has 0 saturated carbocycles. The molecule has 2 aromatic rings. The second kappa shape index (κ2) is 6.26. The number of hydrogen-bond acceptors (Lipinski definition) is 7. The third-order valence-electron chi connectivity index (χ3n) is 6.12. The van der Waals surface area contributed by atoms with Gasteiger partial charge in [0, 0.05) is 49.4 Å². The fourth-order valence-corrected chi connectivity index (χ4v) is 4.94. The third kappa shape index (κ3) is 2.67. The number of aromatic nitrogens is 4. The minimum atomic E-state index is -0.00493. The number of amides is 1. The topological polar surface area (TPSA) is 75.1 Å². The smallest absolute Gasteiger partial charge is 0.275 e. The van der Waals surface area contributed by atoms with Crippen LogP contribution in [0.3, 0.4) is 0 Å². The van der Waals surface area contributed by atoms with Crippen molar-refractivity contribution in [3.63, 3.8) is 0 Å². The van der Waals surface area contributed by atoms with Gasteiger partial charge in [-0.05, 0) is 48.2 Å². The summed E-state index contributed by atoms with van der Waals surface area (Å²) < 4.78 is 3.80. The van der Waals surface area contributed by atoms with E-state index in [0.29, 0.717) is 17.5 Å². The Labute approximate surface area is 156 Å². The molecule has 8 heteroatoms. The molecule has 4 heterocycles. The maximum atomic E-state index is 12.5. The molecule has 2 unspecified atom stereocenters. The van der Waals surface area contributed by atoms with E-state index >= 15 is 0 Å².